The summed E-state index contributed by atoms with van der Waals surface area (Å²) in [5.41, 5.74) is 2.86. The number of para-hydroxylation sites is 2. The average molecular weight is 576 g/mol. The fraction of sp³-hybridized carbons (Fsp3) is 0.469. The van der Waals surface area contributed by atoms with E-state index in [-0.39, 0.29) is 17.9 Å². The molecule has 1 aromatic heterocycles. The second-order valence-electron chi connectivity index (χ2n) is 11.7. The fourth-order valence-electron chi connectivity index (χ4n) is 5.72. The van der Waals surface area contributed by atoms with Crippen molar-refractivity contribution in [2.24, 2.45) is 0 Å². The molecule has 2 saturated heterocycles. The highest BCUT2D eigenvalue weighted by Gasteiger charge is 2.34. The van der Waals surface area contributed by atoms with Gasteiger partial charge in [-0.3, -0.25) is 4.79 Å². The summed E-state index contributed by atoms with van der Waals surface area (Å²) in [6, 6.07) is 15.7. The number of amides is 2. The zero-order valence-electron chi connectivity index (χ0n) is 25.2. The molecule has 2 aliphatic heterocycles. The number of carbonyl (C=O) groups excluding carboxylic acids is 2. The monoisotopic (exact) mass is 575 g/mol. The molecule has 3 heterocycles. The normalized spacial score (nSPS) is 16.4. The Kier molecular flexibility index (Phi) is 8.61. The van der Waals surface area contributed by atoms with Crippen LogP contribution in [-0.4, -0.2) is 90.7 Å². The van der Waals surface area contributed by atoms with Crippen molar-refractivity contribution in [2.45, 2.75) is 45.1 Å². The first-order valence-electron chi connectivity index (χ1n) is 14.6. The summed E-state index contributed by atoms with van der Waals surface area (Å²) in [7, 11) is 3.32. The minimum Gasteiger partial charge on any atom is -0.497 e. The third kappa shape index (κ3) is 6.32. The van der Waals surface area contributed by atoms with Crippen LogP contribution in [-0.2, 0) is 4.74 Å². The van der Waals surface area contributed by atoms with E-state index in [0.717, 1.165) is 28.6 Å². The number of hydrogen-bond acceptors (Lipinski definition) is 7. The summed E-state index contributed by atoms with van der Waals surface area (Å²) in [5, 5.41) is 4.72. The highest BCUT2D eigenvalue weighted by molar-refractivity contribution is 5.95. The molecule has 224 valence electrons. The molecule has 0 bridgehead atoms. The van der Waals surface area contributed by atoms with Gasteiger partial charge in [-0.05, 0) is 70.0 Å². The molecular weight excluding hydrogens is 534 g/mol. The average Bonchev–Trinajstić information content (AvgIpc) is 3.45. The highest BCUT2D eigenvalue weighted by atomic mass is 16.6. The largest absolute Gasteiger partial charge is 0.497 e. The molecule has 3 aromatic rings. The Hall–Kier alpha value is -4.21. The third-order valence-corrected chi connectivity index (χ3v) is 7.88. The first kappa shape index (κ1) is 29.3. The maximum absolute atomic E-state index is 14.0. The topological polar surface area (TPSA) is 89.4 Å². The third-order valence-electron chi connectivity index (χ3n) is 7.88. The van der Waals surface area contributed by atoms with Crippen LogP contribution in [0.1, 0.15) is 55.6 Å². The van der Waals surface area contributed by atoms with Crippen molar-refractivity contribution >= 4 is 17.7 Å². The maximum atomic E-state index is 14.0. The van der Waals surface area contributed by atoms with E-state index in [1.807, 2.05) is 72.8 Å². The molecule has 0 N–H and O–H groups in total. The molecule has 0 saturated carbocycles. The summed E-state index contributed by atoms with van der Waals surface area (Å²) in [5.74, 6) is 1.63. The minimum absolute atomic E-state index is 0.0148. The molecular formula is C32H41N5O5. The zero-order valence-corrected chi connectivity index (χ0v) is 25.2. The molecule has 10 nitrogen and oxygen atoms in total. The molecule has 2 aromatic carbocycles. The van der Waals surface area contributed by atoms with E-state index in [1.54, 1.807) is 25.3 Å². The van der Waals surface area contributed by atoms with Crippen molar-refractivity contribution in [3.8, 4) is 17.2 Å². The number of hydrogen-bond donors (Lipinski definition) is 0. The number of piperidine rings is 1. The summed E-state index contributed by atoms with van der Waals surface area (Å²) in [6.07, 6.45) is 2.83. The van der Waals surface area contributed by atoms with Crippen molar-refractivity contribution in [1.29, 1.82) is 0 Å². The Morgan fingerprint density at radius 3 is 2.12 bits per heavy atom. The number of likely N-dealkylation sites (tertiary alicyclic amines) is 1. The van der Waals surface area contributed by atoms with Gasteiger partial charge in [0.2, 0.25) is 0 Å². The Balaban J connectivity index is 1.37. The molecule has 2 aliphatic rings. The van der Waals surface area contributed by atoms with Crippen molar-refractivity contribution in [2.75, 3.05) is 58.4 Å². The fourth-order valence-corrected chi connectivity index (χ4v) is 5.72. The number of carbonyl (C=O) groups is 2. The van der Waals surface area contributed by atoms with Gasteiger partial charge < -0.3 is 28.9 Å². The molecule has 2 fully saturated rings. The van der Waals surface area contributed by atoms with Gasteiger partial charge in [-0.15, -0.1) is 0 Å². The van der Waals surface area contributed by atoms with Gasteiger partial charge in [-0.1, -0.05) is 12.1 Å². The Bertz CT molecular complexity index is 1380. The van der Waals surface area contributed by atoms with Crippen LogP contribution in [0.25, 0.3) is 5.69 Å². The van der Waals surface area contributed by atoms with E-state index in [4.69, 9.17) is 19.3 Å². The van der Waals surface area contributed by atoms with Crippen molar-refractivity contribution in [1.82, 2.24) is 19.6 Å². The van der Waals surface area contributed by atoms with E-state index >= 15 is 0 Å². The van der Waals surface area contributed by atoms with Gasteiger partial charge in [-0.25, -0.2) is 9.48 Å². The van der Waals surface area contributed by atoms with E-state index in [2.05, 4.69) is 11.0 Å². The molecule has 0 atom stereocenters. The number of aromatic nitrogens is 2. The highest BCUT2D eigenvalue weighted by Crippen LogP contribution is 2.34. The lowest BCUT2D eigenvalue weighted by atomic mass is 9.90. The predicted molar refractivity (Wildman–Crippen MR) is 161 cm³/mol. The second kappa shape index (κ2) is 12.3. The summed E-state index contributed by atoms with van der Waals surface area (Å²) in [4.78, 5) is 32.7. The van der Waals surface area contributed by atoms with Crippen LogP contribution in [0.3, 0.4) is 0 Å². The Morgan fingerprint density at radius 2 is 1.50 bits per heavy atom. The lowest BCUT2D eigenvalue weighted by Gasteiger charge is -2.37. The molecule has 2 amide bonds. The summed E-state index contributed by atoms with van der Waals surface area (Å²) >= 11 is 0. The molecule has 0 aliphatic carbocycles. The number of ether oxygens (including phenoxy) is 3. The Labute approximate surface area is 247 Å². The van der Waals surface area contributed by atoms with E-state index in [0.29, 0.717) is 57.7 Å². The Morgan fingerprint density at radius 1 is 0.833 bits per heavy atom. The second-order valence-corrected chi connectivity index (χ2v) is 11.7. The van der Waals surface area contributed by atoms with Gasteiger partial charge in [0.25, 0.3) is 5.91 Å². The van der Waals surface area contributed by atoms with Gasteiger partial charge in [-0.2, -0.15) is 5.10 Å². The lowest BCUT2D eigenvalue weighted by Crippen LogP contribution is -2.49. The smallest absolute Gasteiger partial charge is 0.410 e. The van der Waals surface area contributed by atoms with Crippen molar-refractivity contribution in [3.05, 3.63) is 66.0 Å². The minimum atomic E-state index is -0.545. The molecule has 10 heteroatoms. The number of benzene rings is 2. The quantitative estimate of drug-likeness (QED) is 0.410. The van der Waals surface area contributed by atoms with E-state index in [9.17, 15) is 9.59 Å². The molecule has 0 unspecified atom stereocenters. The van der Waals surface area contributed by atoms with Gasteiger partial charge in [0, 0.05) is 45.2 Å². The number of piperazine rings is 1. The molecule has 0 spiro atoms. The molecule has 0 radical (unpaired) electrons. The summed E-state index contributed by atoms with van der Waals surface area (Å²) < 4.78 is 18.4. The summed E-state index contributed by atoms with van der Waals surface area (Å²) in [6.45, 7) is 9.35. The number of anilines is 1. The van der Waals surface area contributed by atoms with Crippen LogP contribution in [0, 0.1) is 0 Å². The SMILES string of the molecule is COc1ccc(-n2ncc(C(=O)N3CCN(c4ccccc4OC)CC3)c2C2CCN(C(=O)OC(C)(C)C)CC2)cc1. The van der Waals surface area contributed by atoms with Gasteiger partial charge in [0.15, 0.2) is 0 Å². The van der Waals surface area contributed by atoms with Crippen molar-refractivity contribution < 1.29 is 23.8 Å². The van der Waals surface area contributed by atoms with Crippen LogP contribution in [0.15, 0.2) is 54.7 Å². The van der Waals surface area contributed by atoms with Crippen LogP contribution in [0.2, 0.25) is 0 Å². The van der Waals surface area contributed by atoms with Gasteiger partial charge >= 0.3 is 6.09 Å². The number of methoxy groups -OCH3 is 2. The molecule has 42 heavy (non-hydrogen) atoms. The standard InChI is InChI=1S/C32H41N5O5/c1-32(2,3)42-31(39)36-16-14-23(15-17-36)29-26(22-33-37(29)24-10-12-25(40-4)13-11-24)30(38)35-20-18-34(19-21-35)27-8-6-7-9-28(27)41-5/h6-13,22-23H,14-21H2,1-5H3. The van der Waals surface area contributed by atoms with Crippen LogP contribution in [0.4, 0.5) is 10.5 Å². The van der Waals surface area contributed by atoms with Gasteiger partial charge in [0.1, 0.15) is 17.1 Å². The van der Waals surface area contributed by atoms with Crippen molar-refractivity contribution in [3.63, 3.8) is 0 Å². The predicted octanol–water partition coefficient (Wildman–Crippen LogP) is 4.97. The number of rotatable bonds is 6. The van der Waals surface area contributed by atoms with E-state index in [1.165, 1.54) is 0 Å². The van der Waals surface area contributed by atoms with Gasteiger partial charge in [0.05, 0.1) is 43.0 Å². The first-order valence-corrected chi connectivity index (χ1v) is 14.6. The van der Waals surface area contributed by atoms with Crippen LogP contribution < -0.4 is 14.4 Å². The van der Waals surface area contributed by atoms with Crippen LogP contribution in [0.5, 0.6) is 11.5 Å². The maximum Gasteiger partial charge on any atom is 0.410 e. The number of nitrogens with zero attached hydrogens (tertiary/aromatic N) is 5. The first-order chi connectivity index (χ1) is 20.2. The zero-order chi connectivity index (χ0) is 29.9. The molecule has 5 rings (SSSR count). The van der Waals surface area contributed by atoms with Crippen LogP contribution >= 0.6 is 0 Å². The lowest BCUT2D eigenvalue weighted by molar-refractivity contribution is 0.0203. The van der Waals surface area contributed by atoms with E-state index < -0.39 is 5.60 Å².